The van der Waals surface area contributed by atoms with Crippen LogP contribution in [0.1, 0.15) is 0 Å². The molecule has 0 fully saturated rings. The molecular weight excluding hydrogens is 485 g/mol. The first-order valence-electron chi connectivity index (χ1n) is 7.11. The summed E-state index contributed by atoms with van der Waals surface area (Å²) in [4.78, 5) is 21.8. The lowest BCUT2D eigenvalue weighted by Gasteiger charge is -2.39. The van der Waals surface area contributed by atoms with E-state index in [0.29, 0.717) is 0 Å². The molecule has 0 aromatic rings. The van der Waals surface area contributed by atoms with Crippen LogP contribution in [0.3, 0.4) is 0 Å². The molecule has 0 aromatic heterocycles. The van der Waals surface area contributed by atoms with Crippen molar-refractivity contribution in [1.82, 2.24) is 5.06 Å². The smallest absolute Gasteiger partial charge is 0.460 e. The van der Waals surface area contributed by atoms with E-state index >= 15 is 0 Å². The fourth-order valence-corrected chi connectivity index (χ4v) is 1.53. The van der Waals surface area contributed by atoms with E-state index in [1.165, 1.54) is 0 Å². The SMILES string of the molecule is COC(=O)CN(O)CC(=O)OCC(F)(F)C(F)(F)C(F)(F)C(F)(F)C(F)(F)C(F)(F)F. The van der Waals surface area contributed by atoms with Gasteiger partial charge in [0.05, 0.1) is 7.11 Å². The van der Waals surface area contributed by atoms with Gasteiger partial charge in [0.15, 0.2) is 6.61 Å². The molecule has 0 saturated carbocycles. The first kappa shape index (κ1) is 28.9. The van der Waals surface area contributed by atoms with Gasteiger partial charge in [-0.05, 0) is 0 Å². The van der Waals surface area contributed by atoms with Gasteiger partial charge in [0.25, 0.3) is 0 Å². The van der Waals surface area contributed by atoms with Crippen LogP contribution in [0.4, 0.5) is 57.1 Å². The number of carbonyl (C=O) groups is 2. The molecule has 0 bridgehead atoms. The zero-order valence-electron chi connectivity index (χ0n) is 14.6. The highest BCUT2D eigenvalue weighted by Gasteiger charge is 2.90. The van der Waals surface area contributed by atoms with Crippen molar-refractivity contribution in [3.63, 3.8) is 0 Å². The predicted octanol–water partition coefficient (Wildman–Crippen LogP) is 3.13. The molecule has 0 atom stereocenters. The van der Waals surface area contributed by atoms with Gasteiger partial charge in [-0.3, -0.25) is 9.59 Å². The number of hydrogen-bond donors (Lipinski definition) is 1. The summed E-state index contributed by atoms with van der Waals surface area (Å²) >= 11 is 0. The third-order valence-corrected chi connectivity index (χ3v) is 3.26. The van der Waals surface area contributed by atoms with Crippen molar-refractivity contribution < 1.29 is 81.3 Å². The molecule has 0 aromatic carbocycles. The van der Waals surface area contributed by atoms with Gasteiger partial charge in [0.2, 0.25) is 0 Å². The van der Waals surface area contributed by atoms with E-state index < -0.39 is 67.4 Å². The van der Waals surface area contributed by atoms with Crippen LogP contribution in [0.2, 0.25) is 0 Å². The molecule has 0 saturated heterocycles. The Bertz CT molecular complexity index is 664. The van der Waals surface area contributed by atoms with Gasteiger partial charge in [-0.2, -0.15) is 62.1 Å². The summed E-state index contributed by atoms with van der Waals surface area (Å²) in [5, 5.41) is 8.68. The second-order valence-electron chi connectivity index (χ2n) is 5.56. The van der Waals surface area contributed by atoms with E-state index in [1.807, 2.05) is 0 Å². The van der Waals surface area contributed by atoms with Crippen molar-refractivity contribution in [1.29, 1.82) is 0 Å². The Labute approximate surface area is 162 Å². The molecule has 184 valence electrons. The number of methoxy groups -OCH3 is 1. The summed E-state index contributed by atoms with van der Waals surface area (Å²) in [6, 6.07) is 0. The molecule has 1 N–H and O–H groups in total. The number of alkyl halides is 13. The van der Waals surface area contributed by atoms with E-state index in [-0.39, 0.29) is 5.06 Å². The highest BCUT2D eigenvalue weighted by atomic mass is 19.4. The summed E-state index contributed by atoms with van der Waals surface area (Å²) < 4.78 is 174. The molecule has 0 unspecified atom stereocenters. The summed E-state index contributed by atoms with van der Waals surface area (Å²) in [5.41, 5.74) is 0. The minimum atomic E-state index is -8.07. The molecule has 0 rings (SSSR count). The van der Waals surface area contributed by atoms with Gasteiger partial charge in [0, 0.05) is 0 Å². The summed E-state index contributed by atoms with van der Waals surface area (Å²) in [6.07, 6.45) is -7.54. The van der Waals surface area contributed by atoms with Crippen LogP contribution < -0.4 is 0 Å². The van der Waals surface area contributed by atoms with E-state index in [9.17, 15) is 66.7 Å². The molecular formula is C12H10F13NO5. The summed E-state index contributed by atoms with van der Waals surface area (Å²) in [6.45, 7) is -5.92. The Morgan fingerprint density at radius 3 is 1.48 bits per heavy atom. The molecule has 0 spiro atoms. The Morgan fingerprint density at radius 2 is 1.10 bits per heavy atom. The zero-order valence-corrected chi connectivity index (χ0v) is 14.6. The van der Waals surface area contributed by atoms with Gasteiger partial charge < -0.3 is 14.7 Å². The largest absolute Gasteiger partial charge is 0.468 e. The highest BCUT2D eigenvalue weighted by molar-refractivity contribution is 5.74. The molecule has 0 amide bonds. The van der Waals surface area contributed by atoms with E-state index in [4.69, 9.17) is 5.21 Å². The minimum Gasteiger partial charge on any atom is -0.468 e. The number of ether oxygens (including phenoxy) is 2. The fraction of sp³-hybridized carbons (Fsp3) is 0.833. The van der Waals surface area contributed by atoms with Crippen molar-refractivity contribution in [2.45, 2.75) is 35.8 Å². The third-order valence-electron chi connectivity index (χ3n) is 3.26. The molecule has 0 heterocycles. The molecule has 0 aliphatic carbocycles. The molecule has 31 heavy (non-hydrogen) atoms. The second kappa shape index (κ2) is 8.83. The summed E-state index contributed by atoms with van der Waals surface area (Å²) in [5.74, 6) is -41.6. The number of halogens is 13. The Morgan fingerprint density at radius 1 is 0.710 bits per heavy atom. The fourth-order valence-electron chi connectivity index (χ4n) is 1.53. The quantitative estimate of drug-likeness (QED) is 0.285. The maximum absolute atomic E-state index is 13.4. The van der Waals surface area contributed by atoms with Crippen LogP contribution >= 0.6 is 0 Å². The molecule has 0 aliphatic rings. The lowest BCUT2D eigenvalue weighted by atomic mass is 9.94. The third kappa shape index (κ3) is 5.42. The van der Waals surface area contributed by atoms with Crippen molar-refractivity contribution in [2.24, 2.45) is 0 Å². The lowest BCUT2D eigenvalue weighted by molar-refractivity contribution is -0.441. The summed E-state index contributed by atoms with van der Waals surface area (Å²) in [7, 11) is 0.787. The number of nitrogens with zero attached hydrogens (tertiary/aromatic N) is 1. The number of esters is 2. The average molecular weight is 495 g/mol. The number of carbonyl (C=O) groups excluding carboxylic acids is 2. The van der Waals surface area contributed by atoms with Crippen molar-refractivity contribution in [3.8, 4) is 0 Å². The minimum absolute atomic E-state index is 0.322. The number of rotatable bonds is 10. The van der Waals surface area contributed by atoms with Gasteiger partial charge >= 0.3 is 47.7 Å². The van der Waals surface area contributed by atoms with Gasteiger partial charge in [0.1, 0.15) is 13.1 Å². The van der Waals surface area contributed by atoms with Crippen LogP contribution in [0.25, 0.3) is 0 Å². The highest BCUT2D eigenvalue weighted by Crippen LogP contribution is 2.60. The maximum atomic E-state index is 13.4. The number of hydrogen-bond acceptors (Lipinski definition) is 6. The Hall–Kier alpha value is -2.05. The first-order valence-corrected chi connectivity index (χ1v) is 7.11. The van der Waals surface area contributed by atoms with Crippen LogP contribution in [-0.2, 0) is 19.1 Å². The van der Waals surface area contributed by atoms with Crippen LogP contribution in [-0.4, -0.2) is 84.8 Å². The first-order chi connectivity index (χ1) is 13.5. The van der Waals surface area contributed by atoms with Crippen molar-refractivity contribution in [2.75, 3.05) is 26.8 Å². The van der Waals surface area contributed by atoms with E-state index in [0.717, 1.165) is 7.11 Å². The maximum Gasteiger partial charge on any atom is 0.460 e. The number of hydroxylamine groups is 2. The van der Waals surface area contributed by atoms with Crippen molar-refractivity contribution >= 4 is 11.9 Å². The molecule has 19 heteroatoms. The zero-order chi connectivity index (χ0) is 25.3. The topological polar surface area (TPSA) is 76.1 Å². The van der Waals surface area contributed by atoms with Gasteiger partial charge in [-0.15, -0.1) is 0 Å². The lowest BCUT2D eigenvalue weighted by Crippen LogP contribution is -2.70. The molecule has 6 nitrogen and oxygen atoms in total. The van der Waals surface area contributed by atoms with Crippen LogP contribution in [0.5, 0.6) is 0 Å². The molecule has 0 radical (unpaired) electrons. The van der Waals surface area contributed by atoms with E-state index in [1.54, 1.807) is 0 Å². The Balaban J connectivity index is 5.59. The molecule has 0 aliphatic heterocycles. The Kier molecular flexibility index (Phi) is 8.25. The van der Waals surface area contributed by atoms with Gasteiger partial charge in [-0.1, -0.05) is 0 Å². The van der Waals surface area contributed by atoms with Crippen molar-refractivity contribution in [3.05, 3.63) is 0 Å². The predicted molar refractivity (Wildman–Crippen MR) is 67.1 cm³/mol. The average Bonchev–Trinajstić information content (AvgIpc) is 2.58. The second-order valence-corrected chi connectivity index (χ2v) is 5.56. The van der Waals surface area contributed by atoms with Crippen LogP contribution in [0.15, 0.2) is 0 Å². The van der Waals surface area contributed by atoms with Crippen LogP contribution in [0, 0.1) is 0 Å². The standard InChI is InChI=1S/C12H10F13NO5/c1-30-5(27)2-26(29)3-6(28)31-4-7(13,14)8(15,16)9(17,18)10(19,20)11(21,22)12(23,24)25/h29H,2-4H2,1H3. The van der Waals surface area contributed by atoms with Gasteiger partial charge in [-0.25, -0.2) is 0 Å². The normalized spacial score (nSPS) is 14.6. The van der Waals surface area contributed by atoms with E-state index in [2.05, 4.69) is 9.47 Å². The monoisotopic (exact) mass is 495 g/mol.